The van der Waals surface area contributed by atoms with Crippen LogP contribution >= 0.6 is 0 Å². The van der Waals surface area contributed by atoms with E-state index in [1.807, 2.05) is 19.1 Å². The van der Waals surface area contributed by atoms with Gasteiger partial charge in [0.1, 0.15) is 0 Å². The van der Waals surface area contributed by atoms with Gasteiger partial charge in [0.25, 0.3) is 0 Å². The number of para-hydroxylation sites is 1. The second kappa shape index (κ2) is 5.28. The first kappa shape index (κ1) is 13.4. The first-order valence-corrected chi connectivity index (χ1v) is 8.00. The minimum absolute atomic E-state index is 0.207. The first-order valence-electron chi connectivity index (χ1n) is 6.35. The Hall–Kier alpha value is -1.07. The van der Waals surface area contributed by atoms with Crippen LogP contribution in [-0.2, 0) is 9.84 Å². The lowest BCUT2D eigenvalue weighted by Gasteiger charge is -2.41. The maximum absolute atomic E-state index is 12.2. The molecule has 4 nitrogen and oxygen atoms in total. The summed E-state index contributed by atoms with van der Waals surface area (Å²) in [6.45, 7) is 4.26. The van der Waals surface area contributed by atoms with Crippen molar-refractivity contribution in [2.24, 2.45) is 11.7 Å². The molecule has 1 saturated heterocycles. The molecule has 0 aromatic heterocycles. The highest BCUT2D eigenvalue weighted by molar-refractivity contribution is 7.91. The van der Waals surface area contributed by atoms with Crippen molar-refractivity contribution in [3.63, 3.8) is 0 Å². The quantitative estimate of drug-likeness (QED) is 0.873. The van der Waals surface area contributed by atoms with Crippen molar-refractivity contribution in [2.75, 3.05) is 30.3 Å². The molecule has 2 N–H and O–H groups in total. The van der Waals surface area contributed by atoms with Crippen LogP contribution in [0.1, 0.15) is 13.3 Å². The summed E-state index contributed by atoms with van der Waals surface area (Å²) in [6, 6.07) is 7.26. The lowest BCUT2D eigenvalue weighted by atomic mass is 10.00. The van der Waals surface area contributed by atoms with Gasteiger partial charge < -0.3 is 10.6 Å². The van der Waals surface area contributed by atoms with Gasteiger partial charge in [-0.2, -0.15) is 0 Å². The van der Waals surface area contributed by atoms with Gasteiger partial charge in [-0.1, -0.05) is 19.1 Å². The summed E-state index contributed by atoms with van der Waals surface area (Å²) in [7, 11) is -3.16. The molecule has 1 aromatic rings. The molecule has 0 spiro atoms. The molecular weight excluding hydrogens is 248 g/mol. The number of hydrogen-bond donors (Lipinski definition) is 1. The van der Waals surface area contributed by atoms with Crippen molar-refractivity contribution in [1.82, 2.24) is 0 Å². The first-order chi connectivity index (χ1) is 8.58. The van der Waals surface area contributed by atoms with Gasteiger partial charge in [-0.05, 0) is 25.1 Å². The fraction of sp³-hybridized carbons (Fsp3) is 0.538. The summed E-state index contributed by atoms with van der Waals surface area (Å²) in [6.07, 6.45) is 0.641. The zero-order valence-electron chi connectivity index (χ0n) is 10.7. The number of hydrogen-bond acceptors (Lipinski definition) is 4. The van der Waals surface area contributed by atoms with Crippen molar-refractivity contribution >= 4 is 15.5 Å². The molecule has 1 aliphatic rings. The Morgan fingerprint density at radius 2 is 2.00 bits per heavy atom. The molecule has 1 heterocycles. The lowest BCUT2D eigenvalue weighted by Crippen LogP contribution is -2.50. The van der Waals surface area contributed by atoms with E-state index < -0.39 is 9.84 Å². The van der Waals surface area contributed by atoms with Gasteiger partial charge >= 0.3 is 0 Å². The van der Waals surface area contributed by atoms with Crippen LogP contribution in [0.2, 0.25) is 0 Å². The van der Waals surface area contributed by atoms with E-state index >= 15 is 0 Å². The Bertz CT molecular complexity index is 507. The Kier molecular flexibility index (Phi) is 3.92. The topological polar surface area (TPSA) is 63.4 Å². The van der Waals surface area contributed by atoms with Gasteiger partial charge in [0, 0.05) is 19.0 Å². The molecule has 2 rings (SSSR count). The van der Waals surface area contributed by atoms with E-state index in [0.717, 1.165) is 18.8 Å². The standard InChI is InChI=1S/C13H20N2O2S/c1-2-7-18(16,17)13-6-4-3-5-12(13)15-9-11(8-14)10-15/h3-6,11H,2,7-10,14H2,1H3. The number of nitrogens with two attached hydrogens (primary N) is 1. The van der Waals surface area contributed by atoms with E-state index in [4.69, 9.17) is 5.73 Å². The number of sulfone groups is 1. The summed E-state index contributed by atoms with van der Waals surface area (Å²) >= 11 is 0. The third-order valence-electron chi connectivity index (χ3n) is 3.30. The van der Waals surface area contributed by atoms with Crippen LogP contribution in [0.5, 0.6) is 0 Å². The monoisotopic (exact) mass is 268 g/mol. The van der Waals surface area contributed by atoms with Crippen LogP contribution in [0.3, 0.4) is 0 Å². The molecule has 1 fully saturated rings. The maximum Gasteiger partial charge on any atom is 0.180 e. The largest absolute Gasteiger partial charge is 0.370 e. The predicted octanol–water partition coefficient (Wildman–Crippen LogP) is 1.27. The van der Waals surface area contributed by atoms with Crippen molar-refractivity contribution in [3.8, 4) is 0 Å². The molecule has 0 amide bonds. The van der Waals surface area contributed by atoms with Gasteiger partial charge in [0.2, 0.25) is 0 Å². The van der Waals surface area contributed by atoms with E-state index in [1.165, 1.54) is 0 Å². The zero-order chi connectivity index (χ0) is 13.2. The molecule has 100 valence electrons. The summed E-state index contributed by atoms with van der Waals surface area (Å²) in [4.78, 5) is 2.56. The number of nitrogens with zero attached hydrogens (tertiary/aromatic N) is 1. The van der Waals surface area contributed by atoms with E-state index in [-0.39, 0.29) is 5.75 Å². The van der Waals surface area contributed by atoms with Crippen molar-refractivity contribution in [1.29, 1.82) is 0 Å². The second-order valence-corrected chi connectivity index (χ2v) is 6.87. The Morgan fingerprint density at radius 3 is 2.61 bits per heavy atom. The van der Waals surface area contributed by atoms with Crippen LogP contribution in [0.25, 0.3) is 0 Å². The van der Waals surface area contributed by atoms with Gasteiger partial charge in [0.05, 0.1) is 16.3 Å². The van der Waals surface area contributed by atoms with Gasteiger partial charge in [-0.3, -0.25) is 0 Å². The molecule has 0 atom stereocenters. The SMILES string of the molecule is CCCS(=O)(=O)c1ccccc1N1CC(CN)C1. The lowest BCUT2D eigenvalue weighted by molar-refractivity contribution is 0.418. The van der Waals surface area contributed by atoms with Crippen LogP contribution < -0.4 is 10.6 Å². The molecule has 5 heteroatoms. The average Bonchev–Trinajstić information content (AvgIpc) is 2.28. The molecule has 1 aromatic carbocycles. The third kappa shape index (κ3) is 2.52. The Labute approximate surface area is 109 Å². The van der Waals surface area contributed by atoms with Gasteiger partial charge in [-0.15, -0.1) is 0 Å². The molecule has 0 unspecified atom stereocenters. The van der Waals surface area contributed by atoms with Crippen molar-refractivity contribution in [2.45, 2.75) is 18.2 Å². The van der Waals surface area contributed by atoms with E-state index in [9.17, 15) is 8.42 Å². The smallest absolute Gasteiger partial charge is 0.180 e. The highest BCUT2D eigenvalue weighted by Gasteiger charge is 2.29. The minimum atomic E-state index is -3.16. The van der Waals surface area contributed by atoms with E-state index in [0.29, 0.717) is 23.8 Å². The summed E-state index contributed by atoms with van der Waals surface area (Å²) < 4.78 is 24.4. The molecule has 0 saturated carbocycles. The second-order valence-electron chi connectivity index (χ2n) is 4.79. The van der Waals surface area contributed by atoms with Crippen LogP contribution in [0.4, 0.5) is 5.69 Å². The highest BCUT2D eigenvalue weighted by atomic mass is 32.2. The fourth-order valence-electron chi connectivity index (χ4n) is 2.28. The number of anilines is 1. The highest BCUT2D eigenvalue weighted by Crippen LogP contribution is 2.31. The normalized spacial score (nSPS) is 16.7. The Balaban J connectivity index is 2.27. The number of benzene rings is 1. The van der Waals surface area contributed by atoms with Crippen molar-refractivity contribution in [3.05, 3.63) is 24.3 Å². The maximum atomic E-state index is 12.2. The van der Waals surface area contributed by atoms with E-state index in [2.05, 4.69) is 4.90 Å². The molecule has 0 radical (unpaired) electrons. The van der Waals surface area contributed by atoms with Gasteiger partial charge in [0.15, 0.2) is 9.84 Å². The van der Waals surface area contributed by atoms with Crippen LogP contribution in [0, 0.1) is 5.92 Å². The molecule has 0 aliphatic carbocycles. The third-order valence-corrected chi connectivity index (χ3v) is 5.27. The van der Waals surface area contributed by atoms with Crippen LogP contribution in [0.15, 0.2) is 29.2 Å². The molecule has 1 aliphatic heterocycles. The van der Waals surface area contributed by atoms with Gasteiger partial charge in [-0.25, -0.2) is 8.42 Å². The average molecular weight is 268 g/mol. The molecule has 18 heavy (non-hydrogen) atoms. The molecule has 0 bridgehead atoms. The summed E-state index contributed by atoms with van der Waals surface area (Å²) in [5, 5.41) is 0. The van der Waals surface area contributed by atoms with Crippen LogP contribution in [-0.4, -0.2) is 33.8 Å². The zero-order valence-corrected chi connectivity index (χ0v) is 11.5. The summed E-state index contributed by atoms with van der Waals surface area (Å²) in [5.41, 5.74) is 6.43. The minimum Gasteiger partial charge on any atom is -0.370 e. The van der Waals surface area contributed by atoms with E-state index in [1.54, 1.807) is 12.1 Å². The Morgan fingerprint density at radius 1 is 1.33 bits per heavy atom. The molecular formula is C13H20N2O2S. The fourth-order valence-corrected chi connectivity index (χ4v) is 3.83. The number of rotatable bonds is 5. The predicted molar refractivity (Wildman–Crippen MR) is 73.5 cm³/mol. The summed E-state index contributed by atoms with van der Waals surface area (Å²) in [5.74, 6) is 0.699. The van der Waals surface area contributed by atoms with Crippen molar-refractivity contribution < 1.29 is 8.42 Å².